The van der Waals surface area contributed by atoms with Gasteiger partial charge in [-0.15, -0.1) is 0 Å². The van der Waals surface area contributed by atoms with Crippen LogP contribution in [-0.2, 0) is 0 Å². The van der Waals surface area contributed by atoms with Crippen LogP contribution in [0.4, 0.5) is 0 Å². The Morgan fingerprint density at radius 1 is 1.05 bits per heavy atom. The second-order valence-corrected chi connectivity index (χ2v) is 5.07. The monoisotopic (exact) mass is 285 g/mol. The molecular weight excluding hydrogens is 262 g/mol. The first-order valence-electron chi connectivity index (χ1n) is 7.52. The van der Waals surface area contributed by atoms with Gasteiger partial charge in [-0.3, -0.25) is 9.97 Å². The Kier molecular flexibility index (Phi) is 5.69. The summed E-state index contributed by atoms with van der Waals surface area (Å²) in [5.74, 6) is 1.46. The van der Waals surface area contributed by atoms with Crippen LogP contribution in [0.15, 0.2) is 36.7 Å². The molecule has 0 aliphatic heterocycles. The highest BCUT2D eigenvalue weighted by Gasteiger charge is 2.09. The van der Waals surface area contributed by atoms with Gasteiger partial charge in [0.25, 0.3) is 0 Å². The van der Waals surface area contributed by atoms with E-state index in [4.69, 9.17) is 4.74 Å². The molecule has 0 spiro atoms. The SMILES string of the molecule is CCCNC(CC)c1ccc(Oc2ccc(C)nc2)cn1. The van der Waals surface area contributed by atoms with Gasteiger partial charge in [-0.1, -0.05) is 13.8 Å². The zero-order valence-electron chi connectivity index (χ0n) is 13.0. The summed E-state index contributed by atoms with van der Waals surface area (Å²) in [6.45, 7) is 7.29. The fourth-order valence-electron chi connectivity index (χ4n) is 2.09. The van der Waals surface area contributed by atoms with Crippen molar-refractivity contribution in [2.24, 2.45) is 0 Å². The molecule has 0 aromatic carbocycles. The second kappa shape index (κ2) is 7.74. The number of aryl methyl sites for hydroxylation is 1. The lowest BCUT2D eigenvalue weighted by molar-refractivity contribution is 0.472. The van der Waals surface area contributed by atoms with Crippen molar-refractivity contribution < 1.29 is 4.74 Å². The molecule has 0 radical (unpaired) electrons. The van der Waals surface area contributed by atoms with E-state index in [1.165, 1.54) is 0 Å². The van der Waals surface area contributed by atoms with E-state index in [2.05, 4.69) is 29.1 Å². The molecule has 2 rings (SSSR count). The van der Waals surface area contributed by atoms with Gasteiger partial charge in [0, 0.05) is 11.7 Å². The second-order valence-electron chi connectivity index (χ2n) is 5.07. The van der Waals surface area contributed by atoms with Gasteiger partial charge >= 0.3 is 0 Å². The zero-order chi connectivity index (χ0) is 15.1. The van der Waals surface area contributed by atoms with E-state index >= 15 is 0 Å². The molecular formula is C17H23N3O. The molecule has 4 nitrogen and oxygen atoms in total. The predicted molar refractivity (Wildman–Crippen MR) is 84.6 cm³/mol. The molecule has 0 bridgehead atoms. The van der Waals surface area contributed by atoms with Crippen LogP contribution < -0.4 is 10.1 Å². The van der Waals surface area contributed by atoms with Crippen LogP contribution in [0.3, 0.4) is 0 Å². The Balaban J connectivity index is 2.02. The number of nitrogens with zero attached hydrogens (tertiary/aromatic N) is 2. The maximum atomic E-state index is 5.74. The summed E-state index contributed by atoms with van der Waals surface area (Å²) in [6, 6.07) is 8.12. The van der Waals surface area contributed by atoms with Crippen LogP contribution >= 0.6 is 0 Å². The Bertz CT molecular complexity index is 537. The first kappa shape index (κ1) is 15.4. The standard InChI is InChI=1S/C17H23N3O/c1-4-10-18-16(5-2)17-9-8-15(12-20-17)21-14-7-6-13(3)19-11-14/h6-9,11-12,16,18H,4-5,10H2,1-3H3. The third-order valence-electron chi connectivity index (χ3n) is 3.29. The highest BCUT2D eigenvalue weighted by atomic mass is 16.5. The maximum absolute atomic E-state index is 5.74. The van der Waals surface area contributed by atoms with Crippen LogP contribution in [0.25, 0.3) is 0 Å². The quantitative estimate of drug-likeness (QED) is 0.834. The third-order valence-corrected chi connectivity index (χ3v) is 3.29. The summed E-state index contributed by atoms with van der Waals surface area (Å²) in [4.78, 5) is 8.72. The zero-order valence-corrected chi connectivity index (χ0v) is 13.0. The van der Waals surface area contributed by atoms with E-state index in [0.717, 1.165) is 42.3 Å². The van der Waals surface area contributed by atoms with Gasteiger partial charge in [-0.05, 0) is 50.6 Å². The normalized spacial score (nSPS) is 12.1. The van der Waals surface area contributed by atoms with Gasteiger partial charge in [0.15, 0.2) is 0 Å². The fraction of sp³-hybridized carbons (Fsp3) is 0.412. The largest absolute Gasteiger partial charge is 0.454 e. The molecule has 4 heteroatoms. The number of ether oxygens (including phenoxy) is 1. The van der Waals surface area contributed by atoms with Crippen LogP contribution in [0, 0.1) is 6.92 Å². The molecule has 0 saturated carbocycles. The topological polar surface area (TPSA) is 47.0 Å². The molecule has 21 heavy (non-hydrogen) atoms. The summed E-state index contributed by atoms with van der Waals surface area (Å²) >= 11 is 0. The number of hydrogen-bond donors (Lipinski definition) is 1. The van der Waals surface area contributed by atoms with E-state index in [1.54, 1.807) is 12.4 Å². The van der Waals surface area contributed by atoms with Crippen LogP contribution in [0.5, 0.6) is 11.5 Å². The lowest BCUT2D eigenvalue weighted by Gasteiger charge is -2.16. The first-order valence-corrected chi connectivity index (χ1v) is 7.52. The van der Waals surface area contributed by atoms with Gasteiger partial charge in [0.2, 0.25) is 0 Å². The number of hydrogen-bond acceptors (Lipinski definition) is 4. The highest BCUT2D eigenvalue weighted by Crippen LogP contribution is 2.22. The van der Waals surface area contributed by atoms with E-state index in [9.17, 15) is 0 Å². The minimum atomic E-state index is 0.306. The number of nitrogens with one attached hydrogen (secondary N) is 1. The van der Waals surface area contributed by atoms with Crippen molar-refractivity contribution in [3.8, 4) is 11.5 Å². The molecule has 1 unspecified atom stereocenters. The smallest absolute Gasteiger partial charge is 0.145 e. The Morgan fingerprint density at radius 2 is 1.76 bits per heavy atom. The number of rotatable bonds is 7. The van der Waals surface area contributed by atoms with Crippen molar-refractivity contribution in [1.29, 1.82) is 0 Å². The van der Waals surface area contributed by atoms with Crippen molar-refractivity contribution in [3.05, 3.63) is 48.0 Å². The summed E-state index contributed by atoms with van der Waals surface area (Å²) in [5.41, 5.74) is 2.03. The van der Waals surface area contributed by atoms with E-state index < -0.39 is 0 Å². The molecule has 0 aliphatic carbocycles. The van der Waals surface area contributed by atoms with Gasteiger partial charge < -0.3 is 10.1 Å². The summed E-state index contributed by atoms with van der Waals surface area (Å²) in [6.07, 6.45) is 5.64. The highest BCUT2D eigenvalue weighted by molar-refractivity contribution is 5.29. The molecule has 2 aromatic heterocycles. The first-order chi connectivity index (χ1) is 10.2. The van der Waals surface area contributed by atoms with E-state index in [-0.39, 0.29) is 0 Å². The Hall–Kier alpha value is -1.94. The van der Waals surface area contributed by atoms with Gasteiger partial charge in [0.1, 0.15) is 11.5 Å². The Morgan fingerprint density at radius 3 is 2.29 bits per heavy atom. The molecule has 0 amide bonds. The minimum Gasteiger partial charge on any atom is -0.454 e. The Labute approximate surface area is 126 Å². The van der Waals surface area contributed by atoms with E-state index in [1.807, 2.05) is 31.2 Å². The van der Waals surface area contributed by atoms with Crippen LogP contribution in [-0.4, -0.2) is 16.5 Å². The number of pyridine rings is 2. The van der Waals surface area contributed by atoms with Crippen LogP contribution in [0.2, 0.25) is 0 Å². The maximum Gasteiger partial charge on any atom is 0.145 e. The molecule has 112 valence electrons. The molecule has 0 saturated heterocycles. The molecule has 1 atom stereocenters. The van der Waals surface area contributed by atoms with Crippen molar-refractivity contribution in [1.82, 2.24) is 15.3 Å². The third kappa shape index (κ3) is 4.53. The average molecular weight is 285 g/mol. The summed E-state index contributed by atoms with van der Waals surface area (Å²) in [5, 5.41) is 3.50. The van der Waals surface area contributed by atoms with Crippen molar-refractivity contribution in [3.63, 3.8) is 0 Å². The summed E-state index contributed by atoms with van der Waals surface area (Å²) in [7, 11) is 0. The fourth-order valence-corrected chi connectivity index (χ4v) is 2.09. The molecule has 1 N–H and O–H groups in total. The minimum absolute atomic E-state index is 0.306. The molecule has 2 heterocycles. The van der Waals surface area contributed by atoms with Crippen molar-refractivity contribution >= 4 is 0 Å². The molecule has 2 aromatic rings. The van der Waals surface area contributed by atoms with E-state index in [0.29, 0.717) is 6.04 Å². The lowest BCUT2D eigenvalue weighted by Crippen LogP contribution is -2.22. The molecule has 0 fully saturated rings. The van der Waals surface area contributed by atoms with Gasteiger partial charge in [0.05, 0.1) is 18.1 Å². The molecule has 0 aliphatic rings. The van der Waals surface area contributed by atoms with Crippen molar-refractivity contribution in [2.45, 2.75) is 39.7 Å². The van der Waals surface area contributed by atoms with Crippen LogP contribution in [0.1, 0.15) is 44.1 Å². The van der Waals surface area contributed by atoms with Gasteiger partial charge in [-0.2, -0.15) is 0 Å². The predicted octanol–water partition coefficient (Wildman–Crippen LogP) is 4.03. The van der Waals surface area contributed by atoms with Gasteiger partial charge in [-0.25, -0.2) is 0 Å². The summed E-state index contributed by atoms with van der Waals surface area (Å²) < 4.78 is 5.74. The van der Waals surface area contributed by atoms with Crippen molar-refractivity contribution in [2.75, 3.05) is 6.54 Å². The average Bonchev–Trinajstić information content (AvgIpc) is 2.52. The lowest BCUT2D eigenvalue weighted by atomic mass is 10.1. The number of aromatic nitrogens is 2.